The van der Waals surface area contributed by atoms with E-state index in [1.54, 1.807) is 6.92 Å². The fourth-order valence-corrected chi connectivity index (χ4v) is 3.86. The molecule has 1 fully saturated rings. The molecule has 2 N–H and O–H groups in total. The zero-order chi connectivity index (χ0) is 21.0. The van der Waals surface area contributed by atoms with E-state index in [0.717, 1.165) is 43.9 Å². The van der Waals surface area contributed by atoms with Gasteiger partial charge in [0, 0.05) is 23.4 Å². The minimum Gasteiger partial charge on any atom is -0.462 e. The summed E-state index contributed by atoms with van der Waals surface area (Å²) in [4.78, 5) is 35.4. The second kappa shape index (κ2) is 9.02. The molecular formula is C20H24FN3O5. The maximum atomic E-state index is 14.5. The number of ether oxygens (including phenoxy) is 1. The molecule has 1 atom stereocenters. The standard InChI is InChI=1S/C20H24FN3O5/c1-2-16-17(19(25)29-11-12-6-4-3-5-7-12)18(23-20(26)22-16)14-10-13(24(27)28)8-9-15(14)21/h8-10,12,18H,2-7,11H2,1H3,(H2,22,23,26). The van der Waals surface area contributed by atoms with E-state index >= 15 is 0 Å². The Morgan fingerprint density at radius 2 is 2.03 bits per heavy atom. The van der Waals surface area contributed by atoms with E-state index in [4.69, 9.17) is 4.74 Å². The van der Waals surface area contributed by atoms with Crippen LogP contribution in [0.25, 0.3) is 0 Å². The molecule has 156 valence electrons. The Balaban J connectivity index is 1.91. The second-order valence-corrected chi connectivity index (χ2v) is 7.34. The Kier molecular flexibility index (Phi) is 6.46. The fourth-order valence-electron chi connectivity index (χ4n) is 3.86. The molecule has 1 saturated carbocycles. The number of rotatable bonds is 6. The van der Waals surface area contributed by atoms with Gasteiger partial charge in [-0.25, -0.2) is 14.0 Å². The predicted octanol–water partition coefficient (Wildman–Crippen LogP) is 3.88. The predicted molar refractivity (Wildman–Crippen MR) is 102 cm³/mol. The molecule has 3 rings (SSSR count). The number of hydrogen-bond acceptors (Lipinski definition) is 5. The molecule has 1 aliphatic heterocycles. The number of esters is 1. The fraction of sp³-hybridized carbons (Fsp3) is 0.500. The highest BCUT2D eigenvalue weighted by atomic mass is 19.1. The van der Waals surface area contributed by atoms with Crippen molar-refractivity contribution in [2.24, 2.45) is 5.92 Å². The number of halogens is 1. The van der Waals surface area contributed by atoms with Crippen molar-refractivity contribution in [2.75, 3.05) is 6.61 Å². The van der Waals surface area contributed by atoms with Gasteiger partial charge in [0.2, 0.25) is 0 Å². The van der Waals surface area contributed by atoms with Crippen LogP contribution < -0.4 is 10.6 Å². The highest BCUT2D eigenvalue weighted by Crippen LogP contribution is 2.33. The summed E-state index contributed by atoms with van der Waals surface area (Å²) in [6.45, 7) is 2.01. The molecule has 0 spiro atoms. The Hall–Kier alpha value is -2.97. The van der Waals surface area contributed by atoms with E-state index in [2.05, 4.69) is 10.6 Å². The molecule has 9 heteroatoms. The third-order valence-corrected chi connectivity index (χ3v) is 5.40. The Bertz CT molecular complexity index is 849. The molecule has 1 heterocycles. The average molecular weight is 405 g/mol. The number of nitrogens with zero attached hydrogens (tertiary/aromatic N) is 1. The molecule has 0 bridgehead atoms. The van der Waals surface area contributed by atoms with Gasteiger partial charge >= 0.3 is 12.0 Å². The van der Waals surface area contributed by atoms with Gasteiger partial charge < -0.3 is 15.4 Å². The molecule has 0 saturated heterocycles. The first-order chi connectivity index (χ1) is 13.9. The molecule has 0 aromatic heterocycles. The summed E-state index contributed by atoms with van der Waals surface area (Å²) in [5.41, 5.74) is -0.0904. The summed E-state index contributed by atoms with van der Waals surface area (Å²) in [6, 6.07) is 1.25. The second-order valence-electron chi connectivity index (χ2n) is 7.34. The smallest absolute Gasteiger partial charge is 0.338 e. The van der Waals surface area contributed by atoms with Crippen LogP contribution in [0.1, 0.15) is 57.1 Å². The maximum absolute atomic E-state index is 14.5. The number of non-ortho nitro benzene ring substituents is 1. The summed E-state index contributed by atoms with van der Waals surface area (Å²) >= 11 is 0. The minimum absolute atomic E-state index is 0.0716. The third kappa shape index (κ3) is 4.72. The highest BCUT2D eigenvalue weighted by molar-refractivity contribution is 5.95. The molecule has 1 aromatic carbocycles. The lowest BCUT2D eigenvalue weighted by Crippen LogP contribution is -2.46. The number of carbonyl (C=O) groups is 2. The monoisotopic (exact) mass is 405 g/mol. The van der Waals surface area contributed by atoms with E-state index in [0.29, 0.717) is 12.1 Å². The van der Waals surface area contributed by atoms with Crippen molar-refractivity contribution in [3.63, 3.8) is 0 Å². The summed E-state index contributed by atoms with van der Waals surface area (Å²) in [5.74, 6) is -1.12. The number of nitrogens with one attached hydrogen (secondary N) is 2. The van der Waals surface area contributed by atoms with Crippen LogP contribution in [-0.2, 0) is 9.53 Å². The number of amides is 2. The number of carbonyl (C=O) groups excluding carboxylic acids is 2. The molecule has 2 aliphatic rings. The number of benzene rings is 1. The van der Waals surface area contributed by atoms with E-state index in [1.165, 1.54) is 6.42 Å². The van der Waals surface area contributed by atoms with Crippen molar-refractivity contribution in [1.29, 1.82) is 0 Å². The van der Waals surface area contributed by atoms with Crippen molar-refractivity contribution < 1.29 is 23.6 Å². The van der Waals surface area contributed by atoms with Gasteiger partial charge in [0.05, 0.1) is 23.1 Å². The van der Waals surface area contributed by atoms with Crippen LogP contribution in [0.2, 0.25) is 0 Å². The van der Waals surface area contributed by atoms with Gasteiger partial charge in [-0.15, -0.1) is 0 Å². The zero-order valence-corrected chi connectivity index (χ0v) is 16.2. The molecule has 1 unspecified atom stereocenters. The topological polar surface area (TPSA) is 111 Å². The molecule has 1 aromatic rings. The van der Waals surface area contributed by atoms with Crippen LogP contribution in [0.4, 0.5) is 14.9 Å². The first-order valence-electron chi connectivity index (χ1n) is 9.82. The van der Waals surface area contributed by atoms with Crippen molar-refractivity contribution in [2.45, 2.75) is 51.5 Å². The highest BCUT2D eigenvalue weighted by Gasteiger charge is 2.35. The van der Waals surface area contributed by atoms with Crippen LogP contribution in [0, 0.1) is 21.8 Å². The largest absolute Gasteiger partial charge is 0.462 e. The third-order valence-electron chi connectivity index (χ3n) is 5.40. The van der Waals surface area contributed by atoms with Gasteiger partial charge in [-0.3, -0.25) is 10.1 Å². The van der Waals surface area contributed by atoms with Crippen LogP contribution in [-0.4, -0.2) is 23.5 Å². The van der Waals surface area contributed by atoms with Gasteiger partial charge in [0.15, 0.2) is 0 Å². The average Bonchev–Trinajstić information content (AvgIpc) is 2.72. The molecule has 8 nitrogen and oxygen atoms in total. The summed E-state index contributed by atoms with van der Waals surface area (Å²) in [7, 11) is 0. The molecular weight excluding hydrogens is 381 g/mol. The summed E-state index contributed by atoms with van der Waals surface area (Å²) in [6.07, 6.45) is 5.68. The van der Waals surface area contributed by atoms with Crippen LogP contribution in [0.5, 0.6) is 0 Å². The van der Waals surface area contributed by atoms with E-state index in [9.17, 15) is 24.1 Å². The number of nitro groups is 1. The summed E-state index contributed by atoms with van der Waals surface area (Å²) in [5, 5.41) is 16.2. The first-order valence-corrected chi connectivity index (χ1v) is 9.82. The van der Waals surface area contributed by atoms with Crippen molar-refractivity contribution in [1.82, 2.24) is 10.6 Å². The normalized spacial score (nSPS) is 20.1. The molecule has 29 heavy (non-hydrogen) atoms. The van der Waals surface area contributed by atoms with Crippen LogP contribution in [0.15, 0.2) is 29.5 Å². The van der Waals surface area contributed by atoms with Gasteiger partial charge in [0.25, 0.3) is 5.69 Å². The lowest BCUT2D eigenvalue weighted by Gasteiger charge is -2.30. The number of allylic oxidation sites excluding steroid dienone is 1. The number of hydrogen-bond donors (Lipinski definition) is 2. The molecule has 2 amide bonds. The van der Waals surface area contributed by atoms with Crippen molar-refractivity contribution in [3.05, 3.63) is 51.0 Å². The molecule has 0 radical (unpaired) electrons. The van der Waals surface area contributed by atoms with E-state index < -0.39 is 28.8 Å². The first kappa shape index (κ1) is 20.8. The van der Waals surface area contributed by atoms with Crippen LogP contribution in [0.3, 0.4) is 0 Å². The number of nitro benzene ring substituents is 1. The van der Waals surface area contributed by atoms with E-state index in [1.807, 2.05) is 0 Å². The zero-order valence-electron chi connectivity index (χ0n) is 16.2. The Morgan fingerprint density at radius 1 is 1.31 bits per heavy atom. The van der Waals surface area contributed by atoms with E-state index in [-0.39, 0.29) is 29.3 Å². The summed E-state index contributed by atoms with van der Waals surface area (Å²) < 4.78 is 20.0. The molecule has 1 aliphatic carbocycles. The Morgan fingerprint density at radius 3 is 2.69 bits per heavy atom. The minimum atomic E-state index is -1.17. The van der Waals surface area contributed by atoms with Gasteiger partial charge in [-0.2, -0.15) is 0 Å². The van der Waals surface area contributed by atoms with Gasteiger partial charge in [0.1, 0.15) is 5.82 Å². The van der Waals surface area contributed by atoms with Crippen molar-refractivity contribution >= 4 is 17.7 Å². The lowest BCUT2D eigenvalue weighted by molar-refractivity contribution is -0.385. The Labute approximate surface area is 167 Å². The van der Waals surface area contributed by atoms with Crippen LogP contribution >= 0.6 is 0 Å². The van der Waals surface area contributed by atoms with Crippen molar-refractivity contribution in [3.8, 4) is 0 Å². The number of urea groups is 1. The SMILES string of the molecule is CCC1=C(C(=O)OCC2CCCCC2)C(c2cc([N+](=O)[O-])ccc2F)NC(=O)N1. The van der Waals surface area contributed by atoms with Gasteiger partial charge in [-0.1, -0.05) is 26.2 Å². The maximum Gasteiger partial charge on any atom is 0.338 e. The van der Waals surface area contributed by atoms with Gasteiger partial charge in [-0.05, 0) is 31.2 Å². The lowest BCUT2D eigenvalue weighted by atomic mass is 9.90. The quantitative estimate of drug-likeness (QED) is 0.424.